The van der Waals surface area contributed by atoms with E-state index in [9.17, 15) is 14.0 Å². The molecule has 2 amide bonds. The van der Waals surface area contributed by atoms with Crippen LogP contribution in [0.15, 0.2) is 36.7 Å². The van der Waals surface area contributed by atoms with Gasteiger partial charge in [-0.15, -0.1) is 0 Å². The van der Waals surface area contributed by atoms with E-state index in [1.54, 1.807) is 13.0 Å². The minimum atomic E-state index is -1.02. The van der Waals surface area contributed by atoms with Crippen LogP contribution in [0.4, 0.5) is 10.2 Å². The topological polar surface area (TPSA) is 97.3 Å². The van der Waals surface area contributed by atoms with Gasteiger partial charge in [0.05, 0.1) is 21.9 Å². The van der Waals surface area contributed by atoms with Crippen LogP contribution in [0.5, 0.6) is 5.75 Å². The minimum absolute atomic E-state index is 0.137. The summed E-state index contributed by atoms with van der Waals surface area (Å²) in [6, 6.07) is 4.88. The van der Waals surface area contributed by atoms with Gasteiger partial charge in [0.2, 0.25) is 5.82 Å². The maximum atomic E-state index is 13.6. The number of hydrogen-bond acceptors (Lipinski definition) is 6. The Morgan fingerprint density at radius 2 is 2.03 bits per heavy atom. The highest BCUT2D eigenvalue weighted by Gasteiger charge is 2.32. The molecule has 1 N–H and O–H groups in total. The molecule has 4 rings (SSSR count). The molecule has 164 valence electrons. The highest BCUT2D eigenvalue weighted by atomic mass is 35.5. The number of pyridine rings is 1. The van der Waals surface area contributed by atoms with Gasteiger partial charge in [-0.05, 0) is 30.7 Å². The van der Waals surface area contributed by atoms with E-state index in [4.69, 9.17) is 27.9 Å². The lowest BCUT2D eigenvalue weighted by molar-refractivity contribution is -0.120. The zero-order valence-electron chi connectivity index (χ0n) is 16.9. The van der Waals surface area contributed by atoms with Crippen LogP contribution in [0.3, 0.4) is 0 Å². The molecule has 2 aromatic heterocycles. The van der Waals surface area contributed by atoms with Crippen LogP contribution >= 0.6 is 23.2 Å². The fourth-order valence-electron chi connectivity index (χ4n) is 3.15. The van der Waals surface area contributed by atoms with E-state index in [1.807, 2.05) is 0 Å². The van der Waals surface area contributed by atoms with Gasteiger partial charge in [-0.3, -0.25) is 14.5 Å². The first-order chi connectivity index (χ1) is 15.2. The second-order valence-electron chi connectivity index (χ2n) is 7.06. The normalized spacial score (nSPS) is 15.6. The highest BCUT2D eigenvalue weighted by Crippen LogP contribution is 2.31. The van der Waals surface area contributed by atoms with E-state index >= 15 is 0 Å². The molecule has 0 fully saturated rings. The molecule has 1 unspecified atom stereocenters. The minimum Gasteiger partial charge on any atom is -0.487 e. The van der Waals surface area contributed by atoms with Crippen molar-refractivity contribution < 1.29 is 18.7 Å². The zero-order valence-corrected chi connectivity index (χ0v) is 18.4. The number of carbonyl (C=O) groups is 2. The first-order valence-electron chi connectivity index (χ1n) is 9.40. The molecule has 3 aromatic rings. The predicted molar refractivity (Wildman–Crippen MR) is 117 cm³/mol. The molecule has 1 aliphatic rings. The molecule has 0 bridgehead atoms. The molecular weight excluding hydrogens is 460 g/mol. The van der Waals surface area contributed by atoms with Crippen LogP contribution < -0.4 is 15.0 Å². The molecule has 3 heterocycles. The van der Waals surface area contributed by atoms with Gasteiger partial charge in [0.15, 0.2) is 11.6 Å². The number of anilines is 1. The number of carbonyl (C=O) groups excluding carboxylic acids is 2. The molecule has 0 aliphatic carbocycles. The third-order valence-electron chi connectivity index (χ3n) is 4.84. The van der Waals surface area contributed by atoms with Crippen LogP contribution in [0, 0.1) is 12.7 Å². The van der Waals surface area contributed by atoms with Crippen molar-refractivity contribution in [2.45, 2.75) is 13.0 Å². The molecule has 1 aliphatic heterocycles. The van der Waals surface area contributed by atoms with E-state index in [-0.39, 0.29) is 34.8 Å². The van der Waals surface area contributed by atoms with Gasteiger partial charge < -0.3 is 10.1 Å². The number of nitrogens with zero attached hydrogens (tertiary/aromatic N) is 4. The van der Waals surface area contributed by atoms with Crippen LogP contribution in [-0.2, 0) is 4.79 Å². The van der Waals surface area contributed by atoms with Crippen molar-refractivity contribution in [1.29, 1.82) is 0 Å². The van der Waals surface area contributed by atoms with Gasteiger partial charge in [0.25, 0.3) is 11.8 Å². The summed E-state index contributed by atoms with van der Waals surface area (Å²) in [6.07, 6.45) is 2.67. The van der Waals surface area contributed by atoms with Crippen molar-refractivity contribution >= 4 is 40.8 Å². The van der Waals surface area contributed by atoms with Crippen LogP contribution in [-0.4, -0.2) is 46.5 Å². The fourth-order valence-corrected chi connectivity index (χ4v) is 3.50. The fraction of sp³-hybridized carbons (Fsp3) is 0.190. The molecule has 8 nitrogen and oxygen atoms in total. The van der Waals surface area contributed by atoms with Gasteiger partial charge in [-0.25, -0.2) is 19.3 Å². The van der Waals surface area contributed by atoms with Crippen molar-refractivity contribution in [2.75, 3.05) is 18.6 Å². The summed E-state index contributed by atoms with van der Waals surface area (Å²) >= 11 is 12.1. The first kappa shape index (κ1) is 21.9. The number of fused-ring (bicyclic) bond motifs is 1. The number of aryl methyl sites for hydroxylation is 1. The zero-order chi connectivity index (χ0) is 23.0. The molecule has 0 spiro atoms. The molecular formula is C21H16Cl2FN5O3. The van der Waals surface area contributed by atoms with E-state index < -0.39 is 17.9 Å². The Kier molecular flexibility index (Phi) is 5.94. The van der Waals surface area contributed by atoms with Gasteiger partial charge in [-0.1, -0.05) is 23.2 Å². The maximum absolute atomic E-state index is 13.6. The monoisotopic (exact) mass is 475 g/mol. The van der Waals surface area contributed by atoms with Gasteiger partial charge in [0, 0.05) is 24.9 Å². The standard InChI is InChI=1S/C21H16Cl2FN5O3/c1-10-5-11(3-4-14(10)24)17-13(23)8-25-18(28-17)20(30)27-15-9-32-16-6-12(22)7-26-19(16)29(2)21(15)31/h3-8,15H,9H2,1-2H3,(H,27,30). The van der Waals surface area contributed by atoms with Gasteiger partial charge >= 0.3 is 0 Å². The Hall–Kier alpha value is -3.30. The average Bonchev–Trinajstić information content (AvgIpc) is 2.88. The lowest BCUT2D eigenvalue weighted by atomic mass is 10.1. The third-order valence-corrected chi connectivity index (χ3v) is 5.32. The number of aromatic nitrogens is 3. The number of ether oxygens (including phenoxy) is 1. The second kappa shape index (κ2) is 8.68. The Morgan fingerprint density at radius 3 is 2.78 bits per heavy atom. The Balaban J connectivity index is 1.58. The molecule has 1 atom stereocenters. The quantitative estimate of drug-likeness (QED) is 0.622. The van der Waals surface area contributed by atoms with E-state index in [1.165, 1.54) is 42.5 Å². The number of hydrogen-bond donors (Lipinski definition) is 1. The Morgan fingerprint density at radius 1 is 1.25 bits per heavy atom. The van der Waals surface area contributed by atoms with Crippen LogP contribution in [0.25, 0.3) is 11.3 Å². The van der Waals surface area contributed by atoms with Crippen molar-refractivity contribution in [3.63, 3.8) is 0 Å². The van der Waals surface area contributed by atoms with E-state index in [0.29, 0.717) is 21.9 Å². The summed E-state index contributed by atoms with van der Waals surface area (Å²) in [6.45, 7) is 1.47. The molecule has 0 radical (unpaired) electrons. The number of halogens is 3. The van der Waals surface area contributed by atoms with E-state index in [2.05, 4.69) is 20.3 Å². The van der Waals surface area contributed by atoms with Crippen LogP contribution in [0.2, 0.25) is 10.0 Å². The Bertz CT molecular complexity index is 1240. The number of nitrogens with one attached hydrogen (secondary N) is 1. The first-order valence-corrected chi connectivity index (χ1v) is 10.2. The smallest absolute Gasteiger partial charge is 0.289 e. The molecule has 1 aromatic carbocycles. The van der Waals surface area contributed by atoms with Crippen molar-refractivity contribution in [1.82, 2.24) is 20.3 Å². The predicted octanol–water partition coefficient (Wildman–Crippen LogP) is 3.45. The largest absolute Gasteiger partial charge is 0.487 e. The number of benzene rings is 1. The molecule has 0 saturated carbocycles. The summed E-state index contributed by atoms with van der Waals surface area (Å²) in [4.78, 5) is 39.2. The summed E-state index contributed by atoms with van der Waals surface area (Å²) in [5.74, 6) is -1.10. The molecule has 32 heavy (non-hydrogen) atoms. The van der Waals surface area contributed by atoms with Crippen molar-refractivity contribution in [2.24, 2.45) is 0 Å². The maximum Gasteiger partial charge on any atom is 0.289 e. The van der Waals surface area contributed by atoms with Gasteiger partial charge in [0.1, 0.15) is 18.5 Å². The average molecular weight is 476 g/mol. The third kappa shape index (κ3) is 4.21. The van der Waals surface area contributed by atoms with Crippen molar-refractivity contribution in [3.05, 3.63) is 63.9 Å². The lowest BCUT2D eigenvalue weighted by Gasteiger charge is -2.19. The summed E-state index contributed by atoms with van der Waals surface area (Å²) in [7, 11) is 1.52. The number of rotatable bonds is 3. The Labute approximate surface area is 192 Å². The SMILES string of the molecule is Cc1cc(-c2nc(C(=O)NC3COc4cc(Cl)cnc4N(C)C3=O)ncc2Cl)ccc1F. The van der Waals surface area contributed by atoms with Crippen molar-refractivity contribution in [3.8, 4) is 17.0 Å². The van der Waals surface area contributed by atoms with Crippen LogP contribution in [0.1, 0.15) is 16.2 Å². The van der Waals surface area contributed by atoms with Gasteiger partial charge in [-0.2, -0.15) is 0 Å². The lowest BCUT2D eigenvalue weighted by Crippen LogP contribution is -2.49. The molecule has 0 saturated heterocycles. The highest BCUT2D eigenvalue weighted by molar-refractivity contribution is 6.33. The summed E-state index contributed by atoms with van der Waals surface area (Å²) in [5.41, 5.74) is 1.19. The number of amides is 2. The summed E-state index contributed by atoms with van der Waals surface area (Å²) in [5, 5.41) is 3.13. The molecule has 11 heteroatoms. The van der Waals surface area contributed by atoms with E-state index in [0.717, 1.165) is 0 Å². The summed E-state index contributed by atoms with van der Waals surface area (Å²) < 4.78 is 19.3. The number of likely N-dealkylation sites (N-methyl/N-ethyl adjacent to an activating group) is 1. The second-order valence-corrected chi connectivity index (χ2v) is 7.91.